The van der Waals surface area contributed by atoms with Crippen LogP contribution in [0.25, 0.3) is 11.1 Å². The van der Waals surface area contributed by atoms with E-state index in [0.29, 0.717) is 19.6 Å². The number of anilines is 1. The molecule has 2 aromatic rings. The van der Waals surface area contributed by atoms with Crippen molar-refractivity contribution in [1.29, 1.82) is 0 Å². The molecule has 0 radical (unpaired) electrons. The number of aromatic nitrogens is 1. The van der Waals surface area contributed by atoms with Crippen LogP contribution in [0.3, 0.4) is 0 Å². The number of piperazine rings is 1. The van der Waals surface area contributed by atoms with Crippen molar-refractivity contribution in [3.05, 3.63) is 22.2 Å². The van der Waals surface area contributed by atoms with Crippen LogP contribution in [-0.4, -0.2) is 47.3 Å². The summed E-state index contributed by atoms with van der Waals surface area (Å²) in [7, 11) is 0. The van der Waals surface area contributed by atoms with E-state index in [1.54, 1.807) is 25.7 Å². The molecule has 1 fully saturated rings. The van der Waals surface area contributed by atoms with Gasteiger partial charge in [-0.2, -0.15) is 18.2 Å². The predicted octanol–water partition coefficient (Wildman–Crippen LogP) is 5.05. The summed E-state index contributed by atoms with van der Waals surface area (Å²) < 4.78 is 50.4. The number of amides is 1. The van der Waals surface area contributed by atoms with Gasteiger partial charge < -0.3 is 19.0 Å². The SMILES string of the molecule is CC1CN(C(=O)OC(C)(C)C)CCN1c1nc2cc(C(F)(F)F)cc(Br)c2o1. The summed E-state index contributed by atoms with van der Waals surface area (Å²) in [6.45, 7) is 8.51. The van der Waals surface area contributed by atoms with Crippen molar-refractivity contribution >= 4 is 39.1 Å². The zero-order valence-electron chi connectivity index (χ0n) is 15.9. The molecule has 154 valence electrons. The lowest BCUT2D eigenvalue weighted by Gasteiger charge is -2.39. The van der Waals surface area contributed by atoms with Crippen molar-refractivity contribution < 1.29 is 27.1 Å². The fourth-order valence-electron chi connectivity index (χ4n) is 3.00. The van der Waals surface area contributed by atoms with Crippen molar-refractivity contribution in [2.24, 2.45) is 0 Å². The molecule has 0 spiro atoms. The predicted molar refractivity (Wildman–Crippen MR) is 101 cm³/mol. The van der Waals surface area contributed by atoms with Crippen LogP contribution in [0.5, 0.6) is 0 Å². The van der Waals surface area contributed by atoms with Crippen LogP contribution in [-0.2, 0) is 10.9 Å². The van der Waals surface area contributed by atoms with Crippen molar-refractivity contribution in [2.45, 2.75) is 45.5 Å². The number of rotatable bonds is 1. The minimum Gasteiger partial charge on any atom is -0.444 e. The van der Waals surface area contributed by atoms with Gasteiger partial charge in [-0.15, -0.1) is 0 Å². The number of nitrogens with zero attached hydrogens (tertiary/aromatic N) is 3. The molecule has 3 rings (SSSR count). The number of alkyl halides is 3. The van der Waals surface area contributed by atoms with E-state index in [2.05, 4.69) is 20.9 Å². The van der Waals surface area contributed by atoms with Crippen LogP contribution in [0.2, 0.25) is 0 Å². The van der Waals surface area contributed by atoms with Crippen LogP contribution >= 0.6 is 15.9 Å². The van der Waals surface area contributed by atoms with Gasteiger partial charge in [0.15, 0.2) is 5.58 Å². The topological polar surface area (TPSA) is 58.8 Å². The summed E-state index contributed by atoms with van der Waals surface area (Å²) in [6.07, 6.45) is -4.86. The smallest absolute Gasteiger partial charge is 0.416 e. The Labute approximate surface area is 168 Å². The van der Waals surface area contributed by atoms with Gasteiger partial charge in [0, 0.05) is 25.7 Å². The number of halogens is 4. The Bertz CT molecular complexity index is 892. The van der Waals surface area contributed by atoms with Crippen molar-refractivity contribution in [3.63, 3.8) is 0 Å². The van der Waals surface area contributed by atoms with Gasteiger partial charge in [0.25, 0.3) is 6.01 Å². The second-order valence-electron chi connectivity index (χ2n) is 7.77. The number of benzene rings is 1. The number of oxazole rings is 1. The molecule has 0 bridgehead atoms. The van der Waals surface area contributed by atoms with Gasteiger partial charge in [0.1, 0.15) is 11.1 Å². The third kappa shape index (κ3) is 4.37. The Hall–Kier alpha value is -1.97. The van der Waals surface area contributed by atoms with E-state index in [-0.39, 0.29) is 27.6 Å². The highest BCUT2D eigenvalue weighted by molar-refractivity contribution is 9.10. The quantitative estimate of drug-likeness (QED) is 0.591. The van der Waals surface area contributed by atoms with Gasteiger partial charge >= 0.3 is 12.3 Å². The van der Waals surface area contributed by atoms with Crippen molar-refractivity contribution in [2.75, 3.05) is 24.5 Å². The summed E-state index contributed by atoms with van der Waals surface area (Å²) >= 11 is 3.13. The lowest BCUT2D eigenvalue weighted by molar-refractivity contribution is -0.137. The Morgan fingerprint density at radius 3 is 2.54 bits per heavy atom. The number of fused-ring (bicyclic) bond motifs is 1. The number of carbonyl (C=O) groups excluding carboxylic acids is 1. The van der Waals surface area contributed by atoms with E-state index >= 15 is 0 Å². The zero-order valence-corrected chi connectivity index (χ0v) is 17.5. The third-order valence-electron chi connectivity index (χ3n) is 4.29. The van der Waals surface area contributed by atoms with Gasteiger partial charge in [0.2, 0.25) is 0 Å². The maximum absolute atomic E-state index is 13.0. The molecule has 1 amide bonds. The molecule has 1 aliphatic heterocycles. The van der Waals surface area contributed by atoms with Gasteiger partial charge in [0.05, 0.1) is 10.0 Å². The molecule has 1 atom stereocenters. The highest BCUT2D eigenvalue weighted by Crippen LogP contribution is 2.37. The van der Waals surface area contributed by atoms with E-state index in [0.717, 1.165) is 12.1 Å². The molecule has 1 aromatic heterocycles. The average Bonchev–Trinajstić information content (AvgIpc) is 2.96. The fourth-order valence-corrected chi connectivity index (χ4v) is 3.53. The number of hydrogen-bond acceptors (Lipinski definition) is 5. The Balaban J connectivity index is 1.80. The second kappa shape index (κ2) is 7.13. The van der Waals surface area contributed by atoms with E-state index in [9.17, 15) is 18.0 Å². The minimum atomic E-state index is -4.47. The van der Waals surface area contributed by atoms with E-state index in [1.807, 2.05) is 11.8 Å². The van der Waals surface area contributed by atoms with Gasteiger partial charge in [-0.3, -0.25) is 0 Å². The number of hydrogen-bond donors (Lipinski definition) is 0. The first-order chi connectivity index (χ1) is 12.8. The molecule has 1 unspecified atom stereocenters. The summed E-state index contributed by atoms with van der Waals surface area (Å²) in [5.41, 5.74) is -1.00. The Kier molecular flexibility index (Phi) is 5.28. The second-order valence-corrected chi connectivity index (χ2v) is 8.62. The Morgan fingerprint density at radius 2 is 1.96 bits per heavy atom. The molecule has 0 N–H and O–H groups in total. The van der Waals surface area contributed by atoms with Crippen LogP contribution in [0, 0.1) is 0 Å². The van der Waals surface area contributed by atoms with E-state index in [4.69, 9.17) is 9.15 Å². The third-order valence-corrected chi connectivity index (χ3v) is 4.87. The summed E-state index contributed by atoms with van der Waals surface area (Å²) in [4.78, 5) is 19.9. The monoisotopic (exact) mass is 463 g/mol. The minimum absolute atomic E-state index is 0.124. The lowest BCUT2D eigenvalue weighted by atomic mass is 10.2. The first-order valence-electron chi connectivity index (χ1n) is 8.77. The van der Waals surface area contributed by atoms with Crippen molar-refractivity contribution in [1.82, 2.24) is 9.88 Å². The molecule has 0 saturated carbocycles. The normalized spacial score (nSPS) is 18.6. The van der Waals surface area contributed by atoms with Crippen LogP contribution in [0.4, 0.5) is 24.0 Å². The summed E-state index contributed by atoms with van der Waals surface area (Å²) in [5, 5.41) is 0. The number of ether oxygens (including phenoxy) is 1. The lowest BCUT2D eigenvalue weighted by Crippen LogP contribution is -2.54. The molecular formula is C18H21BrF3N3O3. The molecule has 0 aliphatic carbocycles. The molecule has 6 nitrogen and oxygen atoms in total. The maximum atomic E-state index is 13.0. The molecule has 2 heterocycles. The highest BCUT2D eigenvalue weighted by atomic mass is 79.9. The molecule has 28 heavy (non-hydrogen) atoms. The van der Waals surface area contributed by atoms with Gasteiger partial charge in [-0.05, 0) is 55.8 Å². The largest absolute Gasteiger partial charge is 0.444 e. The fraction of sp³-hybridized carbons (Fsp3) is 0.556. The first kappa shape index (κ1) is 20.8. The van der Waals surface area contributed by atoms with Gasteiger partial charge in [-0.25, -0.2) is 4.79 Å². The average molecular weight is 464 g/mol. The van der Waals surface area contributed by atoms with E-state index < -0.39 is 23.4 Å². The first-order valence-corrected chi connectivity index (χ1v) is 9.56. The van der Waals surface area contributed by atoms with Crippen molar-refractivity contribution in [3.8, 4) is 0 Å². The summed E-state index contributed by atoms with van der Waals surface area (Å²) in [6, 6.07) is 2.03. The van der Waals surface area contributed by atoms with Gasteiger partial charge in [-0.1, -0.05) is 0 Å². The Morgan fingerprint density at radius 1 is 1.29 bits per heavy atom. The maximum Gasteiger partial charge on any atom is 0.416 e. The zero-order chi connectivity index (χ0) is 20.9. The molecule has 1 saturated heterocycles. The van der Waals surface area contributed by atoms with Crippen LogP contribution in [0.1, 0.15) is 33.3 Å². The molecule has 10 heteroatoms. The summed E-state index contributed by atoms with van der Waals surface area (Å²) in [5.74, 6) is 0. The molecular weight excluding hydrogens is 443 g/mol. The standard InChI is InChI=1S/C18H21BrF3N3O3/c1-10-9-24(16(26)28-17(2,3)4)5-6-25(10)15-23-13-8-11(18(20,21)22)7-12(19)14(13)27-15/h7-8,10H,5-6,9H2,1-4H3. The van der Waals surface area contributed by atoms with Crippen LogP contribution < -0.4 is 4.90 Å². The van der Waals surface area contributed by atoms with Crippen LogP contribution in [0.15, 0.2) is 21.0 Å². The van der Waals surface area contributed by atoms with E-state index in [1.165, 1.54) is 0 Å². The molecule has 1 aliphatic rings. The molecule has 1 aromatic carbocycles. The highest BCUT2D eigenvalue weighted by Gasteiger charge is 2.34. The number of carbonyl (C=O) groups is 1.